The first-order chi connectivity index (χ1) is 10.5. The third kappa shape index (κ3) is 5.55. The number of aliphatic carboxylic acids is 1. The molecular weight excluding hydrogens is 288 g/mol. The topological polar surface area (TPSA) is 79.3 Å². The minimum absolute atomic E-state index is 0.00101. The summed E-state index contributed by atoms with van der Waals surface area (Å²) < 4.78 is 11.3. The minimum Gasteiger partial charge on any atom is -0.480 e. The normalized spacial score (nSPS) is 23.2. The molecule has 2 aliphatic rings. The van der Waals surface area contributed by atoms with E-state index in [1.807, 2.05) is 0 Å². The van der Waals surface area contributed by atoms with Crippen molar-refractivity contribution in [2.75, 3.05) is 46.4 Å². The Hall–Kier alpha value is -1.18. The summed E-state index contributed by atoms with van der Waals surface area (Å²) in [5.74, 6) is -0.864. The van der Waals surface area contributed by atoms with Gasteiger partial charge in [-0.2, -0.15) is 0 Å². The van der Waals surface area contributed by atoms with Gasteiger partial charge in [0.05, 0.1) is 25.4 Å². The van der Waals surface area contributed by atoms with Gasteiger partial charge in [0.1, 0.15) is 6.61 Å². The van der Waals surface area contributed by atoms with Gasteiger partial charge in [-0.1, -0.05) is 12.8 Å². The van der Waals surface area contributed by atoms with E-state index in [4.69, 9.17) is 14.6 Å². The molecule has 0 aromatic carbocycles. The van der Waals surface area contributed by atoms with Crippen molar-refractivity contribution in [3.8, 4) is 0 Å². The highest BCUT2D eigenvalue weighted by Gasteiger charge is 2.26. The van der Waals surface area contributed by atoms with Crippen molar-refractivity contribution in [1.29, 1.82) is 0 Å². The van der Waals surface area contributed by atoms with Crippen LogP contribution in [0.3, 0.4) is 0 Å². The number of carboxylic acids is 1. The molecule has 2 fully saturated rings. The van der Waals surface area contributed by atoms with E-state index in [-0.39, 0.29) is 31.3 Å². The molecule has 1 heterocycles. The molecule has 1 atom stereocenters. The number of rotatable bonds is 7. The lowest BCUT2D eigenvalue weighted by Crippen LogP contribution is -2.50. The molecule has 0 spiro atoms. The van der Waals surface area contributed by atoms with Crippen LogP contribution in [0.15, 0.2) is 0 Å². The zero-order valence-corrected chi connectivity index (χ0v) is 13.2. The van der Waals surface area contributed by atoms with Crippen LogP contribution in [0, 0.1) is 0 Å². The van der Waals surface area contributed by atoms with Crippen molar-refractivity contribution < 1.29 is 24.2 Å². The predicted octanol–water partition coefficient (Wildman–Crippen LogP) is 0.189. The number of morpholine rings is 1. The van der Waals surface area contributed by atoms with Crippen LogP contribution in [0.2, 0.25) is 0 Å². The molecule has 1 aliphatic carbocycles. The second kappa shape index (κ2) is 8.45. The van der Waals surface area contributed by atoms with Gasteiger partial charge in [-0.15, -0.1) is 0 Å². The van der Waals surface area contributed by atoms with Crippen molar-refractivity contribution in [1.82, 2.24) is 9.80 Å². The van der Waals surface area contributed by atoms with Gasteiger partial charge in [-0.25, -0.2) is 0 Å². The Morgan fingerprint density at radius 3 is 2.77 bits per heavy atom. The lowest BCUT2D eigenvalue weighted by Gasteiger charge is -2.34. The molecule has 126 valence electrons. The highest BCUT2D eigenvalue weighted by atomic mass is 16.5. The van der Waals surface area contributed by atoms with E-state index < -0.39 is 5.97 Å². The summed E-state index contributed by atoms with van der Waals surface area (Å²) in [6.45, 7) is 2.17. The summed E-state index contributed by atoms with van der Waals surface area (Å²) in [6, 6.07) is 0. The maximum absolute atomic E-state index is 12.2. The zero-order valence-electron chi connectivity index (χ0n) is 13.2. The van der Waals surface area contributed by atoms with Crippen LogP contribution in [0.4, 0.5) is 0 Å². The first kappa shape index (κ1) is 17.2. The maximum Gasteiger partial charge on any atom is 0.317 e. The average Bonchev–Trinajstić information content (AvgIpc) is 2.97. The number of ether oxygens (including phenoxy) is 2. The van der Waals surface area contributed by atoms with E-state index in [0.717, 1.165) is 12.8 Å². The van der Waals surface area contributed by atoms with Crippen LogP contribution in [0.1, 0.15) is 25.7 Å². The quantitative estimate of drug-likeness (QED) is 0.723. The van der Waals surface area contributed by atoms with E-state index in [2.05, 4.69) is 0 Å². The third-order valence-electron chi connectivity index (χ3n) is 4.16. The summed E-state index contributed by atoms with van der Waals surface area (Å²) in [7, 11) is 1.74. The first-order valence-corrected chi connectivity index (χ1v) is 7.96. The summed E-state index contributed by atoms with van der Waals surface area (Å²) in [6.07, 6.45) is 4.58. The molecule has 1 saturated heterocycles. The van der Waals surface area contributed by atoms with E-state index in [0.29, 0.717) is 26.2 Å². The fourth-order valence-corrected chi connectivity index (χ4v) is 3.03. The van der Waals surface area contributed by atoms with Gasteiger partial charge < -0.3 is 19.5 Å². The number of carbonyl (C=O) groups is 2. The Labute approximate surface area is 131 Å². The molecule has 1 aliphatic heterocycles. The molecule has 1 saturated carbocycles. The summed E-state index contributed by atoms with van der Waals surface area (Å²) in [5.41, 5.74) is 0. The molecule has 0 bridgehead atoms. The molecule has 1 unspecified atom stereocenters. The lowest BCUT2D eigenvalue weighted by molar-refractivity contribution is -0.147. The predicted molar refractivity (Wildman–Crippen MR) is 79.7 cm³/mol. The summed E-state index contributed by atoms with van der Waals surface area (Å²) in [5, 5.41) is 8.76. The zero-order chi connectivity index (χ0) is 15.9. The number of carbonyl (C=O) groups excluding carboxylic acids is 1. The minimum atomic E-state index is -0.865. The number of hydrogen-bond donors (Lipinski definition) is 1. The Balaban J connectivity index is 1.71. The second-order valence-corrected chi connectivity index (χ2v) is 6.14. The van der Waals surface area contributed by atoms with Crippen molar-refractivity contribution in [2.45, 2.75) is 37.9 Å². The van der Waals surface area contributed by atoms with Gasteiger partial charge in [-0.05, 0) is 19.9 Å². The van der Waals surface area contributed by atoms with Crippen LogP contribution < -0.4 is 0 Å². The van der Waals surface area contributed by atoms with Gasteiger partial charge in [0.15, 0.2) is 0 Å². The second-order valence-electron chi connectivity index (χ2n) is 6.14. The van der Waals surface area contributed by atoms with Crippen LogP contribution >= 0.6 is 0 Å². The van der Waals surface area contributed by atoms with Crippen molar-refractivity contribution in [3.05, 3.63) is 0 Å². The number of nitrogens with zero attached hydrogens (tertiary/aromatic N) is 2. The van der Waals surface area contributed by atoms with Crippen molar-refractivity contribution >= 4 is 11.9 Å². The number of likely N-dealkylation sites (N-methyl/N-ethyl adjacent to an activating group) is 1. The molecule has 1 amide bonds. The fraction of sp³-hybridized carbons (Fsp3) is 0.867. The van der Waals surface area contributed by atoms with Crippen LogP contribution in [-0.4, -0.2) is 85.4 Å². The summed E-state index contributed by atoms with van der Waals surface area (Å²) in [4.78, 5) is 26.3. The molecule has 7 heteroatoms. The lowest BCUT2D eigenvalue weighted by atomic mass is 10.2. The third-order valence-corrected chi connectivity index (χ3v) is 4.16. The molecular formula is C15H26N2O5. The SMILES string of the molecule is CN(CC(=O)O)CC1CN(C(=O)COC2CCCC2)CCO1. The standard InChI is InChI=1S/C15H26N2O5/c1-16(10-15(19)20)8-13-9-17(6-7-21-13)14(18)11-22-12-4-2-3-5-12/h12-13H,2-11H2,1H3,(H,19,20). The van der Waals surface area contributed by atoms with Crippen molar-refractivity contribution in [3.63, 3.8) is 0 Å². The highest BCUT2D eigenvalue weighted by Crippen LogP contribution is 2.21. The van der Waals surface area contributed by atoms with E-state index in [9.17, 15) is 9.59 Å². The molecule has 22 heavy (non-hydrogen) atoms. The maximum atomic E-state index is 12.2. The van der Waals surface area contributed by atoms with E-state index >= 15 is 0 Å². The van der Waals surface area contributed by atoms with Crippen LogP contribution in [0.25, 0.3) is 0 Å². The van der Waals surface area contributed by atoms with Crippen molar-refractivity contribution in [2.24, 2.45) is 0 Å². The molecule has 1 N–H and O–H groups in total. The smallest absolute Gasteiger partial charge is 0.317 e. The first-order valence-electron chi connectivity index (χ1n) is 7.96. The van der Waals surface area contributed by atoms with Gasteiger partial charge in [0, 0.05) is 19.6 Å². The van der Waals surface area contributed by atoms with Gasteiger partial charge >= 0.3 is 5.97 Å². The molecule has 2 rings (SSSR count). The van der Waals surface area contributed by atoms with Gasteiger partial charge in [0.2, 0.25) is 5.91 Å². The Kier molecular flexibility index (Phi) is 6.60. The highest BCUT2D eigenvalue weighted by molar-refractivity contribution is 5.77. The largest absolute Gasteiger partial charge is 0.480 e. The van der Waals surface area contributed by atoms with Crippen LogP contribution in [-0.2, 0) is 19.1 Å². The monoisotopic (exact) mass is 314 g/mol. The number of amides is 1. The Bertz CT molecular complexity index is 384. The van der Waals surface area contributed by atoms with Gasteiger partial charge in [0.25, 0.3) is 0 Å². The average molecular weight is 314 g/mol. The molecule has 0 aromatic rings. The van der Waals surface area contributed by atoms with Gasteiger partial charge in [-0.3, -0.25) is 14.5 Å². The number of carboxylic acid groups (broad SMARTS) is 1. The molecule has 0 radical (unpaired) electrons. The fourth-order valence-electron chi connectivity index (χ4n) is 3.03. The molecule has 0 aromatic heterocycles. The Morgan fingerprint density at radius 2 is 2.09 bits per heavy atom. The molecule has 7 nitrogen and oxygen atoms in total. The summed E-state index contributed by atoms with van der Waals surface area (Å²) >= 11 is 0. The Morgan fingerprint density at radius 1 is 1.36 bits per heavy atom. The van der Waals surface area contributed by atoms with E-state index in [1.165, 1.54) is 12.8 Å². The van der Waals surface area contributed by atoms with E-state index in [1.54, 1.807) is 16.8 Å². The number of hydrogen-bond acceptors (Lipinski definition) is 5. The van der Waals surface area contributed by atoms with Crippen LogP contribution in [0.5, 0.6) is 0 Å².